The van der Waals surface area contributed by atoms with Gasteiger partial charge in [-0.25, -0.2) is 4.99 Å². The van der Waals surface area contributed by atoms with Gasteiger partial charge >= 0.3 is 0 Å². The van der Waals surface area contributed by atoms with Gasteiger partial charge in [-0.1, -0.05) is 164 Å². The molecule has 3 nitrogen and oxygen atoms in total. The minimum atomic E-state index is -0.173. The molecule has 1 aliphatic carbocycles. The number of hydrogen-bond donors (Lipinski definition) is 0. The smallest absolute Gasteiger partial charge is 0.155 e. The van der Waals surface area contributed by atoms with Gasteiger partial charge in [0.2, 0.25) is 0 Å². The van der Waals surface area contributed by atoms with Crippen molar-refractivity contribution in [3.05, 3.63) is 210 Å². The maximum atomic E-state index is 7.24. The number of para-hydroxylation sites is 1. The number of thiophene rings is 1. The van der Waals surface area contributed by atoms with Crippen LogP contribution < -0.4 is 4.90 Å². The van der Waals surface area contributed by atoms with E-state index >= 15 is 0 Å². The molecule has 0 N–H and O–H groups in total. The number of furan rings is 1. The third-order valence-electron chi connectivity index (χ3n) is 11.6. The minimum absolute atomic E-state index is 0.0202. The minimum Gasteiger partial charge on any atom is -0.456 e. The molecule has 1 aliphatic heterocycles. The Bertz CT molecular complexity index is 3160. The van der Waals surface area contributed by atoms with Gasteiger partial charge in [-0.15, -0.1) is 11.3 Å². The highest BCUT2D eigenvalue weighted by Crippen LogP contribution is 2.55. The van der Waals surface area contributed by atoms with Gasteiger partial charge in [0.15, 0.2) is 6.17 Å². The zero-order chi connectivity index (χ0) is 36.0. The second kappa shape index (κ2) is 11.9. The fourth-order valence-corrected chi connectivity index (χ4v) is 10.4. The molecule has 12 rings (SSSR count). The normalized spacial score (nSPS) is 16.1. The molecule has 0 radical (unpaired) electrons. The Morgan fingerprint density at radius 2 is 1.22 bits per heavy atom. The van der Waals surface area contributed by atoms with Crippen LogP contribution in [-0.2, 0) is 0 Å². The van der Waals surface area contributed by atoms with Crippen LogP contribution in [0.25, 0.3) is 64.4 Å². The highest BCUT2D eigenvalue weighted by Gasteiger charge is 2.38. The van der Waals surface area contributed by atoms with Gasteiger partial charge in [0.05, 0.1) is 11.1 Å². The number of hydrogen-bond acceptors (Lipinski definition) is 4. The molecule has 10 aromatic rings. The number of benzene rings is 8. The van der Waals surface area contributed by atoms with E-state index < -0.39 is 0 Å². The Labute approximate surface area is 322 Å². The van der Waals surface area contributed by atoms with Gasteiger partial charge in [0.25, 0.3) is 0 Å². The van der Waals surface area contributed by atoms with E-state index in [-0.39, 0.29) is 12.1 Å². The van der Waals surface area contributed by atoms with Crippen molar-refractivity contribution in [2.24, 2.45) is 4.99 Å². The monoisotopic (exact) mass is 720 g/mol. The van der Waals surface area contributed by atoms with E-state index in [1.54, 1.807) is 0 Å². The van der Waals surface area contributed by atoms with Crippen molar-refractivity contribution >= 4 is 65.0 Å². The molecule has 2 aromatic heterocycles. The molecule has 0 bridgehead atoms. The van der Waals surface area contributed by atoms with Crippen molar-refractivity contribution < 1.29 is 4.42 Å². The average molecular weight is 721 g/mol. The van der Waals surface area contributed by atoms with Crippen LogP contribution in [0.2, 0.25) is 0 Å². The summed E-state index contributed by atoms with van der Waals surface area (Å²) in [5.41, 5.74) is 13.9. The first-order valence-electron chi connectivity index (χ1n) is 18.9. The number of rotatable bonds is 5. The summed E-state index contributed by atoms with van der Waals surface area (Å²) in [6.07, 6.45) is -0.173. The lowest BCUT2D eigenvalue weighted by Crippen LogP contribution is -2.43. The van der Waals surface area contributed by atoms with Crippen molar-refractivity contribution in [1.29, 1.82) is 0 Å². The summed E-state index contributed by atoms with van der Waals surface area (Å²) in [6, 6.07) is 65.6. The van der Waals surface area contributed by atoms with Crippen LogP contribution >= 0.6 is 11.3 Å². The molecule has 0 fully saturated rings. The van der Waals surface area contributed by atoms with Crippen LogP contribution in [0.3, 0.4) is 0 Å². The van der Waals surface area contributed by atoms with Crippen LogP contribution in [0.15, 0.2) is 191 Å². The summed E-state index contributed by atoms with van der Waals surface area (Å²) in [7, 11) is 0. The summed E-state index contributed by atoms with van der Waals surface area (Å²) in [5.74, 6) is 0.976. The van der Waals surface area contributed by atoms with Gasteiger partial charge < -0.3 is 4.42 Å². The van der Waals surface area contributed by atoms with Gasteiger partial charge in [0, 0.05) is 42.6 Å². The van der Waals surface area contributed by atoms with Crippen molar-refractivity contribution in [1.82, 2.24) is 0 Å². The van der Waals surface area contributed by atoms with E-state index in [1.807, 2.05) is 11.3 Å². The second-order valence-corrected chi connectivity index (χ2v) is 15.6. The van der Waals surface area contributed by atoms with E-state index in [9.17, 15) is 0 Å². The lowest BCUT2D eigenvalue weighted by Gasteiger charge is -2.41. The van der Waals surface area contributed by atoms with E-state index in [2.05, 4.69) is 187 Å². The molecular formula is C51H32N2OS. The first-order chi connectivity index (χ1) is 27.3. The number of anilines is 1. The number of amidine groups is 1. The van der Waals surface area contributed by atoms with Gasteiger partial charge in [-0.2, -0.15) is 0 Å². The molecular weight excluding hydrogens is 689 g/mol. The van der Waals surface area contributed by atoms with Crippen LogP contribution in [-0.4, -0.2) is 5.84 Å². The first-order valence-corrected chi connectivity index (χ1v) is 19.7. The lowest BCUT2D eigenvalue weighted by atomic mass is 9.87. The molecule has 4 heteroatoms. The summed E-state index contributed by atoms with van der Waals surface area (Å²) >= 11 is 1.91. The Hall–Kier alpha value is -6.75. The van der Waals surface area contributed by atoms with E-state index in [1.165, 1.54) is 48.0 Å². The van der Waals surface area contributed by atoms with Gasteiger partial charge in [-0.3, -0.25) is 4.90 Å². The molecule has 258 valence electrons. The van der Waals surface area contributed by atoms with Crippen LogP contribution in [0.1, 0.15) is 39.9 Å². The van der Waals surface area contributed by atoms with Gasteiger partial charge in [-0.05, 0) is 57.1 Å². The topological polar surface area (TPSA) is 28.7 Å². The molecule has 8 aromatic carbocycles. The molecule has 55 heavy (non-hydrogen) atoms. The number of fused-ring (bicyclic) bond motifs is 10. The SMILES string of the molecule is c1ccc(C2=NC(c3ccccc3)N2c2cc(-c3ccccc3)cc3oc4c(C5c6ccccc6-c6ccc7c(sc8ccccc87)c65)cccc4c23)cc1. The van der Waals surface area contributed by atoms with Crippen molar-refractivity contribution in [3.8, 4) is 22.3 Å². The zero-order valence-corrected chi connectivity index (χ0v) is 30.5. The molecule has 0 saturated carbocycles. The second-order valence-electron chi connectivity index (χ2n) is 14.6. The highest BCUT2D eigenvalue weighted by molar-refractivity contribution is 7.26. The third kappa shape index (κ3) is 4.52. The van der Waals surface area contributed by atoms with Crippen LogP contribution in [0.5, 0.6) is 0 Å². The molecule has 2 atom stereocenters. The Kier molecular flexibility index (Phi) is 6.63. The van der Waals surface area contributed by atoms with E-state index in [0.717, 1.165) is 55.7 Å². The fourth-order valence-electron chi connectivity index (χ4n) is 9.14. The highest BCUT2D eigenvalue weighted by atomic mass is 32.1. The largest absolute Gasteiger partial charge is 0.456 e. The quantitative estimate of drug-likeness (QED) is 0.177. The molecule has 0 amide bonds. The summed E-state index contributed by atoms with van der Waals surface area (Å²) in [5, 5.41) is 4.86. The predicted molar refractivity (Wildman–Crippen MR) is 230 cm³/mol. The van der Waals surface area contributed by atoms with Crippen molar-refractivity contribution in [2.75, 3.05) is 4.90 Å². The summed E-state index contributed by atoms with van der Waals surface area (Å²) in [4.78, 5) is 7.70. The van der Waals surface area contributed by atoms with Crippen LogP contribution in [0, 0.1) is 0 Å². The zero-order valence-electron chi connectivity index (χ0n) is 29.7. The summed E-state index contributed by atoms with van der Waals surface area (Å²) < 4.78 is 9.91. The Morgan fingerprint density at radius 3 is 2.05 bits per heavy atom. The lowest BCUT2D eigenvalue weighted by molar-refractivity contribution is 0.661. The molecule has 0 saturated heterocycles. The molecule has 2 unspecified atom stereocenters. The number of aliphatic imine (C=N–C) groups is 1. The van der Waals surface area contributed by atoms with Crippen LogP contribution in [0.4, 0.5) is 5.69 Å². The van der Waals surface area contributed by atoms with Gasteiger partial charge in [0.1, 0.15) is 17.0 Å². The Morgan fingerprint density at radius 1 is 0.527 bits per heavy atom. The predicted octanol–water partition coefficient (Wildman–Crippen LogP) is 13.7. The van der Waals surface area contributed by atoms with E-state index in [4.69, 9.17) is 9.41 Å². The molecule has 3 heterocycles. The first kappa shape index (κ1) is 30.7. The maximum Gasteiger partial charge on any atom is 0.155 e. The summed E-state index contributed by atoms with van der Waals surface area (Å²) in [6.45, 7) is 0. The third-order valence-corrected chi connectivity index (χ3v) is 12.8. The standard InChI is InChI=1S/C51H32N2OS/c1-4-15-31(16-5-1)34-29-42(53-50(32-17-6-2-7-18-32)52-51(53)33-19-8-3-9-20-33)46-41-25-14-24-40(48(41)54-43(46)30-34)45-37-23-11-10-21-35(37)38-27-28-39-36-22-12-13-26-44(36)55-49(39)47(38)45/h1-30,45,50H. The van der Waals surface area contributed by atoms with E-state index in [0.29, 0.717) is 0 Å². The van der Waals surface area contributed by atoms with Crippen molar-refractivity contribution in [3.63, 3.8) is 0 Å². The Balaban J connectivity index is 1.14. The molecule has 0 spiro atoms. The average Bonchev–Trinajstić information content (AvgIpc) is 3.91. The molecule has 2 aliphatic rings. The number of nitrogens with zero attached hydrogens (tertiary/aromatic N) is 2. The fraction of sp³-hybridized carbons (Fsp3) is 0.0392. The maximum absolute atomic E-state index is 7.24. The van der Waals surface area contributed by atoms with Crippen molar-refractivity contribution in [2.45, 2.75) is 12.1 Å².